The SMILES string of the molecule is CS(=O)(=O)c1ccc(NS(=O)(=O)c2cc(Cl)c(Br)s2)cc1. The van der Waals surface area contributed by atoms with Crippen LogP contribution >= 0.6 is 38.9 Å². The van der Waals surface area contributed by atoms with Gasteiger partial charge in [0.2, 0.25) is 0 Å². The minimum Gasteiger partial charge on any atom is -0.279 e. The summed E-state index contributed by atoms with van der Waals surface area (Å²) >= 11 is 9.95. The molecule has 1 N–H and O–H groups in total. The normalized spacial score (nSPS) is 12.3. The Morgan fingerprint density at radius 1 is 1.14 bits per heavy atom. The molecule has 0 fully saturated rings. The summed E-state index contributed by atoms with van der Waals surface area (Å²) in [4.78, 5) is 0.118. The lowest BCUT2D eigenvalue weighted by molar-refractivity contribution is 0.601. The van der Waals surface area contributed by atoms with Crippen molar-refractivity contribution in [1.29, 1.82) is 0 Å². The van der Waals surface area contributed by atoms with Gasteiger partial charge in [0.05, 0.1) is 13.7 Å². The third-order valence-electron chi connectivity index (χ3n) is 2.42. The van der Waals surface area contributed by atoms with Crippen LogP contribution in [0.1, 0.15) is 0 Å². The maximum atomic E-state index is 12.2. The number of anilines is 1. The molecule has 0 radical (unpaired) electrons. The molecule has 0 bridgehead atoms. The Morgan fingerprint density at radius 3 is 2.14 bits per heavy atom. The van der Waals surface area contributed by atoms with Gasteiger partial charge in [0.15, 0.2) is 9.84 Å². The molecule has 1 aromatic heterocycles. The summed E-state index contributed by atoms with van der Waals surface area (Å²) in [6, 6.07) is 6.79. The predicted octanol–water partition coefficient (Wildman–Crippen LogP) is 3.37. The number of nitrogens with one attached hydrogen (secondary N) is 1. The number of sulfone groups is 1. The van der Waals surface area contributed by atoms with Gasteiger partial charge in [-0.15, -0.1) is 11.3 Å². The maximum absolute atomic E-state index is 12.2. The topological polar surface area (TPSA) is 80.3 Å². The summed E-state index contributed by atoms with van der Waals surface area (Å²) in [6.45, 7) is 0. The van der Waals surface area contributed by atoms with Gasteiger partial charge in [-0.25, -0.2) is 16.8 Å². The fourth-order valence-electron chi connectivity index (χ4n) is 1.43. The number of thiophene rings is 1. The van der Waals surface area contributed by atoms with Crippen LogP contribution in [-0.4, -0.2) is 23.1 Å². The molecule has 2 aromatic rings. The predicted molar refractivity (Wildman–Crippen MR) is 87.4 cm³/mol. The highest BCUT2D eigenvalue weighted by atomic mass is 79.9. The van der Waals surface area contributed by atoms with Crippen LogP contribution in [0.2, 0.25) is 5.02 Å². The van der Waals surface area contributed by atoms with E-state index >= 15 is 0 Å². The first kappa shape index (κ1) is 16.8. The van der Waals surface area contributed by atoms with Crippen LogP contribution < -0.4 is 4.72 Å². The van der Waals surface area contributed by atoms with Gasteiger partial charge in [-0.1, -0.05) is 11.6 Å². The Hall–Kier alpha value is -0.610. The van der Waals surface area contributed by atoms with Gasteiger partial charge in [-0.05, 0) is 46.3 Å². The van der Waals surface area contributed by atoms with Crippen molar-refractivity contribution in [2.45, 2.75) is 9.10 Å². The molecule has 0 atom stereocenters. The smallest absolute Gasteiger partial charge is 0.271 e. The Kier molecular flexibility index (Phi) is 4.69. The minimum atomic E-state index is -3.76. The summed E-state index contributed by atoms with van der Waals surface area (Å²) in [5, 5.41) is 0.313. The van der Waals surface area contributed by atoms with E-state index in [0.717, 1.165) is 17.6 Å². The molecule has 0 saturated heterocycles. The second-order valence-electron chi connectivity index (χ2n) is 4.09. The molecule has 0 amide bonds. The molecule has 1 aromatic carbocycles. The molecule has 1 heterocycles. The zero-order valence-corrected chi connectivity index (χ0v) is 15.3. The first-order valence-electron chi connectivity index (χ1n) is 5.37. The lowest BCUT2D eigenvalue weighted by Gasteiger charge is -2.06. The fraction of sp³-hybridized carbons (Fsp3) is 0.0909. The fourth-order valence-corrected chi connectivity index (χ4v) is 5.52. The maximum Gasteiger partial charge on any atom is 0.271 e. The number of benzene rings is 1. The zero-order chi connectivity index (χ0) is 15.8. The van der Waals surface area contributed by atoms with Crippen molar-refractivity contribution in [3.63, 3.8) is 0 Å². The molecule has 0 spiro atoms. The molecule has 2 rings (SSSR count). The summed E-state index contributed by atoms with van der Waals surface area (Å²) in [5.41, 5.74) is 0.267. The highest BCUT2D eigenvalue weighted by molar-refractivity contribution is 9.11. The Balaban J connectivity index is 2.29. The van der Waals surface area contributed by atoms with Crippen molar-refractivity contribution < 1.29 is 16.8 Å². The molecule has 21 heavy (non-hydrogen) atoms. The number of hydrogen-bond acceptors (Lipinski definition) is 5. The van der Waals surface area contributed by atoms with E-state index in [9.17, 15) is 16.8 Å². The Bertz CT molecular complexity index is 853. The lowest BCUT2D eigenvalue weighted by atomic mass is 10.3. The standard InChI is InChI=1S/C11H9BrClNO4S3/c1-20(15,16)8-4-2-7(3-5-8)14-21(17,18)10-6-9(13)11(12)19-10/h2-6,14H,1H3. The van der Waals surface area contributed by atoms with Crippen LogP contribution in [0.25, 0.3) is 0 Å². The van der Waals surface area contributed by atoms with Crippen molar-refractivity contribution in [2.24, 2.45) is 0 Å². The van der Waals surface area contributed by atoms with E-state index in [2.05, 4.69) is 20.7 Å². The molecule has 114 valence electrons. The van der Waals surface area contributed by atoms with Crippen molar-refractivity contribution in [3.05, 3.63) is 39.1 Å². The van der Waals surface area contributed by atoms with Crippen molar-refractivity contribution in [1.82, 2.24) is 0 Å². The largest absolute Gasteiger partial charge is 0.279 e. The molecule has 10 heteroatoms. The highest BCUT2D eigenvalue weighted by Gasteiger charge is 2.19. The van der Waals surface area contributed by atoms with E-state index in [0.29, 0.717) is 8.81 Å². The third-order valence-corrected chi connectivity index (χ3v) is 7.88. The van der Waals surface area contributed by atoms with Gasteiger partial charge in [0, 0.05) is 11.9 Å². The van der Waals surface area contributed by atoms with Gasteiger partial charge < -0.3 is 0 Å². The van der Waals surface area contributed by atoms with Crippen LogP contribution in [0.3, 0.4) is 0 Å². The molecule has 0 aliphatic heterocycles. The number of halogens is 2. The van der Waals surface area contributed by atoms with E-state index in [1.165, 1.54) is 30.3 Å². The second-order valence-corrected chi connectivity index (χ2v) is 10.8. The zero-order valence-electron chi connectivity index (χ0n) is 10.5. The third kappa shape index (κ3) is 3.98. The second kappa shape index (κ2) is 5.88. The summed E-state index contributed by atoms with van der Waals surface area (Å²) in [5.74, 6) is 0. The van der Waals surface area contributed by atoms with E-state index in [1.807, 2.05) is 0 Å². The molecular weight excluding hydrogens is 422 g/mol. The van der Waals surface area contributed by atoms with E-state index in [1.54, 1.807) is 0 Å². The molecular formula is C11H9BrClNO4S3. The van der Waals surface area contributed by atoms with Crippen LogP contribution in [-0.2, 0) is 19.9 Å². The first-order chi connectivity index (χ1) is 9.59. The van der Waals surface area contributed by atoms with Crippen molar-refractivity contribution in [2.75, 3.05) is 11.0 Å². The Labute approximate surface area is 140 Å². The van der Waals surface area contributed by atoms with E-state index < -0.39 is 19.9 Å². The summed E-state index contributed by atoms with van der Waals surface area (Å²) < 4.78 is 49.9. The monoisotopic (exact) mass is 429 g/mol. The average molecular weight is 431 g/mol. The first-order valence-corrected chi connectivity index (χ1v) is 10.7. The molecule has 0 unspecified atom stereocenters. The number of hydrogen-bond donors (Lipinski definition) is 1. The summed E-state index contributed by atoms with van der Waals surface area (Å²) in [6.07, 6.45) is 1.08. The van der Waals surface area contributed by atoms with Gasteiger partial charge in [0.1, 0.15) is 4.21 Å². The van der Waals surface area contributed by atoms with Gasteiger partial charge >= 0.3 is 0 Å². The van der Waals surface area contributed by atoms with Crippen molar-refractivity contribution in [3.8, 4) is 0 Å². The average Bonchev–Trinajstić information content (AvgIpc) is 2.69. The number of sulfonamides is 1. The van der Waals surface area contributed by atoms with Crippen LogP contribution in [0.4, 0.5) is 5.69 Å². The Morgan fingerprint density at radius 2 is 1.71 bits per heavy atom. The van der Waals surface area contributed by atoms with Crippen LogP contribution in [0.15, 0.2) is 43.2 Å². The van der Waals surface area contributed by atoms with Crippen molar-refractivity contribution >= 4 is 64.4 Å². The minimum absolute atomic E-state index is 0.0616. The van der Waals surface area contributed by atoms with Gasteiger partial charge in [-0.3, -0.25) is 4.72 Å². The van der Waals surface area contributed by atoms with Crippen LogP contribution in [0, 0.1) is 0 Å². The molecule has 0 saturated carbocycles. The quantitative estimate of drug-likeness (QED) is 0.806. The van der Waals surface area contributed by atoms with Gasteiger partial charge in [0.25, 0.3) is 10.0 Å². The molecule has 0 aliphatic rings. The highest BCUT2D eigenvalue weighted by Crippen LogP contribution is 2.35. The van der Waals surface area contributed by atoms with E-state index in [4.69, 9.17) is 11.6 Å². The van der Waals surface area contributed by atoms with E-state index in [-0.39, 0.29) is 14.8 Å². The van der Waals surface area contributed by atoms with Gasteiger partial charge in [-0.2, -0.15) is 0 Å². The lowest BCUT2D eigenvalue weighted by Crippen LogP contribution is -2.11. The van der Waals surface area contributed by atoms with Crippen LogP contribution in [0.5, 0.6) is 0 Å². The number of rotatable bonds is 4. The molecule has 0 aliphatic carbocycles. The molecule has 5 nitrogen and oxygen atoms in total. The summed E-state index contributed by atoms with van der Waals surface area (Å²) in [7, 11) is -7.08.